The van der Waals surface area contributed by atoms with E-state index in [0.29, 0.717) is 5.82 Å². The lowest BCUT2D eigenvalue weighted by molar-refractivity contribution is 1.05. The Bertz CT molecular complexity index is 3210. The van der Waals surface area contributed by atoms with Gasteiger partial charge in [-0.25, -0.2) is 19.9 Å². The van der Waals surface area contributed by atoms with E-state index in [1.807, 2.05) is 60.9 Å². The number of hydrogen-bond donors (Lipinski definition) is 0. The highest BCUT2D eigenvalue weighted by Gasteiger charge is 2.21. The highest BCUT2D eigenvalue weighted by molar-refractivity contribution is 5.97. The van der Waals surface area contributed by atoms with Gasteiger partial charge in [0.05, 0.1) is 62.2 Å². The van der Waals surface area contributed by atoms with Crippen molar-refractivity contribution in [3.8, 4) is 45.0 Å². The maximum atomic E-state index is 5.17. The summed E-state index contributed by atoms with van der Waals surface area (Å²) in [5, 5.41) is 0. The fourth-order valence-electron chi connectivity index (χ4n) is 8.28. The van der Waals surface area contributed by atoms with Crippen LogP contribution in [-0.4, -0.2) is 37.9 Å². The van der Waals surface area contributed by atoms with Crippen LogP contribution in [0.4, 0.5) is 0 Å². The highest BCUT2D eigenvalue weighted by atomic mass is 15.2. The first-order valence-corrected chi connectivity index (χ1v) is 18.6. The van der Waals surface area contributed by atoms with Gasteiger partial charge in [-0.1, -0.05) is 109 Å². The van der Waals surface area contributed by atoms with Gasteiger partial charge in [0.1, 0.15) is 0 Å². The second-order valence-corrected chi connectivity index (χ2v) is 14.1. The molecule has 262 valence electrons. The number of fused-ring (bicyclic) bond motifs is 10. The molecule has 0 unspecified atom stereocenters. The number of nitrogens with zero attached hydrogens (tertiary/aromatic N) is 8. The van der Waals surface area contributed by atoms with E-state index < -0.39 is 0 Å². The second-order valence-electron chi connectivity index (χ2n) is 14.1. The van der Waals surface area contributed by atoms with Crippen molar-refractivity contribution in [1.29, 1.82) is 0 Å². The molecule has 12 aromatic rings. The lowest BCUT2D eigenvalue weighted by atomic mass is 10.0. The quantitative estimate of drug-likeness (QED) is 0.178. The molecule has 56 heavy (non-hydrogen) atoms. The van der Waals surface area contributed by atoms with Crippen LogP contribution in [0.5, 0.6) is 0 Å². The monoisotopic (exact) mass is 718 g/mol. The summed E-state index contributed by atoms with van der Waals surface area (Å²) in [6.07, 6.45) is 3.77. The zero-order valence-corrected chi connectivity index (χ0v) is 29.9. The predicted molar refractivity (Wildman–Crippen MR) is 225 cm³/mol. The molecule has 0 saturated heterocycles. The Balaban J connectivity index is 1.04. The van der Waals surface area contributed by atoms with E-state index in [9.17, 15) is 0 Å². The van der Waals surface area contributed by atoms with E-state index in [2.05, 4.69) is 139 Å². The Labute approximate surface area is 319 Å². The average molecular weight is 719 g/mol. The minimum Gasteiger partial charge on any atom is -0.278 e. The molecule has 0 radical (unpaired) electrons. The fraction of sp³-hybridized carbons (Fsp3) is 0. The normalized spacial score (nSPS) is 11.9. The van der Waals surface area contributed by atoms with Crippen molar-refractivity contribution in [2.75, 3.05) is 0 Å². The van der Waals surface area contributed by atoms with Gasteiger partial charge < -0.3 is 0 Å². The van der Waals surface area contributed by atoms with Crippen LogP contribution in [0.15, 0.2) is 182 Å². The van der Waals surface area contributed by atoms with Crippen molar-refractivity contribution in [2.24, 2.45) is 0 Å². The molecular formula is C48H30N8. The molecule has 8 heteroatoms. The molecule has 0 fully saturated rings. The summed E-state index contributed by atoms with van der Waals surface area (Å²) in [6.45, 7) is 0. The molecule has 12 rings (SSSR count). The molecule has 5 heterocycles. The van der Waals surface area contributed by atoms with Gasteiger partial charge in [0.15, 0.2) is 5.82 Å². The van der Waals surface area contributed by atoms with E-state index in [1.165, 1.54) is 11.1 Å². The molecule has 0 spiro atoms. The van der Waals surface area contributed by atoms with Crippen molar-refractivity contribution in [2.45, 2.75) is 0 Å². The van der Waals surface area contributed by atoms with Crippen LogP contribution in [0.2, 0.25) is 0 Å². The molecule has 0 aliphatic heterocycles. The van der Waals surface area contributed by atoms with Crippen LogP contribution in [0.1, 0.15) is 0 Å². The summed E-state index contributed by atoms with van der Waals surface area (Å²) >= 11 is 0. The van der Waals surface area contributed by atoms with Crippen molar-refractivity contribution >= 4 is 55.7 Å². The average Bonchev–Trinajstić information content (AvgIpc) is 4.00. The summed E-state index contributed by atoms with van der Waals surface area (Å²) in [6, 6.07) is 59.3. The van der Waals surface area contributed by atoms with Crippen LogP contribution in [0.3, 0.4) is 0 Å². The number of benzene rings is 7. The zero-order chi connectivity index (χ0) is 36.7. The Hall–Kier alpha value is -7.84. The minimum absolute atomic E-state index is 0.686. The summed E-state index contributed by atoms with van der Waals surface area (Å²) < 4.78 is 8.95. The van der Waals surface area contributed by atoms with Crippen molar-refractivity contribution in [3.63, 3.8) is 0 Å². The molecule has 0 N–H and O–H groups in total. The number of hydrogen-bond acceptors (Lipinski definition) is 4. The topological polar surface area (TPSA) is 70.2 Å². The summed E-state index contributed by atoms with van der Waals surface area (Å²) in [5.41, 5.74) is 15.7. The van der Waals surface area contributed by atoms with Gasteiger partial charge in [0, 0.05) is 11.3 Å². The Morgan fingerprint density at radius 2 is 0.768 bits per heavy atom. The first kappa shape index (κ1) is 30.6. The third-order valence-corrected chi connectivity index (χ3v) is 10.9. The Kier molecular flexibility index (Phi) is 6.47. The van der Waals surface area contributed by atoms with Gasteiger partial charge >= 0.3 is 0 Å². The Morgan fingerprint density at radius 1 is 0.321 bits per heavy atom. The van der Waals surface area contributed by atoms with Crippen molar-refractivity contribution in [1.82, 2.24) is 37.9 Å². The standard InChI is InChI=1S/C48H30N8/c1-3-11-31(12-4-1)32-19-23-36(24-20-32)53-42-25-21-34(27-44(42)55-40-17-9-7-15-38(40)51-47(53)55)35-22-26-43-45(28-35)56-41-18-10-8-16-39(41)52-48(56)54(43)37-29-49-46(50-30-37)33-13-5-2-6-14-33/h1-30H. The molecule has 0 atom stereocenters. The molecule has 0 bridgehead atoms. The lowest BCUT2D eigenvalue weighted by Crippen LogP contribution is -1.98. The van der Waals surface area contributed by atoms with Crippen molar-refractivity contribution < 1.29 is 0 Å². The molecule has 0 aliphatic carbocycles. The summed E-state index contributed by atoms with van der Waals surface area (Å²) in [5.74, 6) is 2.38. The summed E-state index contributed by atoms with van der Waals surface area (Å²) in [4.78, 5) is 19.8. The van der Waals surface area contributed by atoms with Gasteiger partial charge in [-0.15, -0.1) is 0 Å². The summed E-state index contributed by atoms with van der Waals surface area (Å²) in [7, 11) is 0. The molecule has 0 saturated carbocycles. The highest BCUT2D eigenvalue weighted by Crippen LogP contribution is 2.36. The third-order valence-electron chi connectivity index (χ3n) is 10.9. The first-order chi connectivity index (χ1) is 27.8. The van der Waals surface area contributed by atoms with E-state index >= 15 is 0 Å². The van der Waals surface area contributed by atoms with Crippen LogP contribution >= 0.6 is 0 Å². The van der Waals surface area contributed by atoms with Gasteiger partial charge in [0.2, 0.25) is 11.6 Å². The minimum atomic E-state index is 0.686. The number of imidazole rings is 4. The molecule has 0 aliphatic rings. The smallest absolute Gasteiger partial charge is 0.220 e. The Morgan fingerprint density at radius 3 is 1.32 bits per heavy atom. The maximum Gasteiger partial charge on any atom is 0.220 e. The van der Waals surface area contributed by atoms with E-state index in [0.717, 1.165) is 83.8 Å². The number of rotatable bonds is 5. The molecular weight excluding hydrogens is 689 g/mol. The number of aromatic nitrogens is 8. The molecule has 0 amide bonds. The largest absolute Gasteiger partial charge is 0.278 e. The van der Waals surface area contributed by atoms with E-state index in [1.54, 1.807) is 0 Å². The van der Waals surface area contributed by atoms with E-state index in [4.69, 9.17) is 19.9 Å². The van der Waals surface area contributed by atoms with Gasteiger partial charge in [-0.05, 0) is 82.9 Å². The van der Waals surface area contributed by atoms with Crippen LogP contribution in [0.25, 0.3) is 101 Å². The van der Waals surface area contributed by atoms with Gasteiger partial charge in [0.25, 0.3) is 0 Å². The molecule has 5 aromatic heterocycles. The van der Waals surface area contributed by atoms with Crippen molar-refractivity contribution in [3.05, 3.63) is 182 Å². The lowest BCUT2D eigenvalue weighted by Gasteiger charge is -2.09. The van der Waals surface area contributed by atoms with Crippen LogP contribution in [-0.2, 0) is 0 Å². The van der Waals surface area contributed by atoms with Gasteiger partial charge in [-0.2, -0.15) is 0 Å². The third kappa shape index (κ3) is 4.53. The maximum absolute atomic E-state index is 5.17. The van der Waals surface area contributed by atoms with Crippen LogP contribution in [0, 0.1) is 0 Å². The zero-order valence-electron chi connectivity index (χ0n) is 29.9. The first-order valence-electron chi connectivity index (χ1n) is 18.6. The fourth-order valence-corrected chi connectivity index (χ4v) is 8.28. The SMILES string of the molecule is c1ccc(-c2ccc(-n3c4ccc(-c5ccc6c(c5)n5c7ccccc7nc5n6-c5cnc(-c6ccccc6)nc5)cc4n4c5ccccc5nc34)cc2)cc1. The second kappa shape index (κ2) is 11.8. The molecule has 7 aromatic carbocycles. The molecule has 8 nitrogen and oxygen atoms in total. The number of para-hydroxylation sites is 4. The van der Waals surface area contributed by atoms with E-state index in [-0.39, 0.29) is 0 Å². The van der Waals surface area contributed by atoms with Crippen LogP contribution < -0.4 is 0 Å². The predicted octanol–water partition coefficient (Wildman–Crippen LogP) is 11.0. The van der Waals surface area contributed by atoms with Gasteiger partial charge in [-0.3, -0.25) is 17.9 Å².